The summed E-state index contributed by atoms with van der Waals surface area (Å²) >= 11 is 0. The number of aromatic nitrogens is 2. The Bertz CT molecular complexity index is 1200. The Kier molecular flexibility index (Phi) is 8.91. The van der Waals surface area contributed by atoms with Gasteiger partial charge in [-0.15, -0.1) is 0 Å². The molecular weight excluding hydrogens is 484 g/mol. The molecule has 9 heteroatoms. The number of carbonyl (C=O) groups excluding carboxylic acids is 2. The number of aliphatic hydroxyl groups is 1. The summed E-state index contributed by atoms with van der Waals surface area (Å²) in [5, 5.41) is 19.8. The molecule has 2 heterocycles. The highest BCUT2D eigenvalue weighted by atomic mass is 16.7. The summed E-state index contributed by atoms with van der Waals surface area (Å²) < 4.78 is 0. The number of aliphatic hydroxyl groups excluding tert-OH is 1. The third-order valence-corrected chi connectivity index (χ3v) is 7.45. The van der Waals surface area contributed by atoms with E-state index in [-0.39, 0.29) is 23.6 Å². The van der Waals surface area contributed by atoms with Gasteiger partial charge < -0.3 is 15.1 Å². The van der Waals surface area contributed by atoms with Crippen LogP contribution in [-0.4, -0.2) is 62.2 Å². The van der Waals surface area contributed by atoms with Gasteiger partial charge in [-0.25, -0.2) is 9.97 Å². The minimum Gasteiger partial charge on any atom is -0.504 e. The van der Waals surface area contributed by atoms with Crippen LogP contribution in [0, 0.1) is 12.8 Å². The Labute approximate surface area is 223 Å². The smallest absolute Gasteiger partial charge is 0.329 e. The molecule has 1 aliphatic heterocycles. The average Bonchev–Trinajstić information content (AvgIpc) is 2.93. The summed E-state index contributed by atoms with van der Waals surface area (Å²) in [6.07, 6.45) is 11.9. The van der Waals surface area contributed by atoms with Crippen molar-refractivity contribution in [2.45, 2.75) is 57.9 Å². The van der Waals surface area contributed by atoms with Crippen LogP contribution in [0.25, 0.3) is 5.57 Å². The molecule has 2 aliphatic rings. The van der Waals surface area contributed by atoms with Crippen LogP contribution in [0.2, 0.25) is 0 Å². The highest BCUT2D eigenvalue weighted by Gasteiger charge is 2.37. The molecule has 202 valence electrons. The van der Waals surface area contributed by atoms with E-state index in [4.69, 9.17) is 0 Å². The van der Waals surface area contributed by atoms with Gasteiger partial charge in [0.2, 0.25) is 0 Å². The topological polar surface area (TPSA) is 125 Å². The average molecular weight is 521 g/mol. The van der Waals surface area contributed by atoms with Crippen molar-refractivity contribution >= 4 is 17.4 Å². The Morgan fingerprint density at radius 3 is 2.55 bits per heavy atom. The fourth-order valence-corrected chi connectivity index (χ4v) is 5.36. The van der Waals surface area contributed by atoms with Crippen molar-refractivity contribution in [1.29, 1.82) is 0 Å². The third-order valence-electron chi connectivity index (χ3n) is 7.45. The first-order valence-electron chi connectivity index (χ1n) is 13.2. The number of carbonyl (C=O) groups is 2. The van der Waals surface area contributed by atoms with Gasteiger partial charge in [-0.2, -0.15) is 5.48 Å². The van der Waals surface area contributed by atoms with Crippen molar-refractivity contribution in [3.8, 4) is 5.75 Å². The molecule has 2 aromatic rings. The zero-order valence-electron chi connectivity index (χ0n) is 22.0. The van der Waals surface area contributed by atoms with Gasteiger partial charge in [0.15, 0.2) is 11.4 Å². The highest BCUT2D eigenvalue weighted by Crippen LogP contribution is 2.37. The zero-order valence-corrected chi connectivity index (χ0v) is 22.0. The van der Waals surface area contributed by atoms with Crippen LogP contribution in [0.3, 0.4) is 0 Å². The van der Waals surface area contributed by atoms with Gasteiger partial charge >= 0.3 is 11.9 Å². The fourth-order valence-electron chi connectivity index (χ4n) is 5.36. The number of likely N-dealkylation sites (tertiary alicyclic amines) is 1. The van der Waals surface area contributed by atoms with E-state index in [1.54, 1.807) is 6.92 Å². The number of hydrogen-bond donors (Lipinski definition) is 3. The number of nitrogens with one attached hydrogen (secondary N) is 1. The molecule has 1 aliphatic carbocycles. The number of aromatic hydroxyl groups is 1. The number of nitrogens with zero attached hydrogens (tertiary/aromatic N) is 3. The van der Waals surface area contributed by atoms with Crippen LogP contribution in [0.15, 0.2) is 48.6 Å². The van der Waals surface area contributed by atoms with Gasteiger partial charge in [0.1, 0.15) is 5.82 Å². The number of amides is 1. The second-order valence-corrected chi connectivity index (χ2v) is 10.1. The summed E-state index contributed by atoms with van der Waals surface area (Å²) in [6, 6.07) is 10.4. The van der Waals surface area contributed by atoms with Crippen molar-refractivity contribution in [2.75, 3.05) is 19.7 Å². The summed E-state index contributed by atoms with van der Waals surface area (Å²) in [7, 11) is 0. The molecule has 4 rings (SSSR count). The second kappa shape index (κ2) is 12.3. The van der Waals surface area contributed by atoms with E-state index in [1.807, 2.05) is 11.5 Å². The quantitative estimate of drug-likeness (QED) is 0.452. The maximum absolute atomic E-state index is 12.3. The number of allylic oxidation sites excluding steroid dienone is 2. The first-order chi connectivity index (χ1) is 18.3. The highest BCUT2D eigenvalue weighted by molar-refractivity contribution is 5.95. The van der Waals surface area contributed by atoms with E-state index >= 15 is 0 Å². The Morgan fingerprint density at radius 2 is 1.92 bits per heavy atom. The Hall–Kier alpha value is -3.56. The summed E-state index contributed by atoms with van der Waals surface area (Å²) in [5.74, 6) is -0.984. The van der Waals surface area contributed by atoms with Crippen molar-refractivity contribution < 1.29 is 24.6 Å². The molecule has 1 amide bonds. The van der Waals surface area contributed by atoms with Crippen LogP contribution in [0.1, 0.15) is 66.6 Å². The van der Waals surface area contributed by atoms with Crippen LogP contribution in [0.4, 0.5) is 0 Å². The van der Waals surface area contributed by atoms with Gasteiger partial charge in [0.25, 0.3) is 0 Å². The van der Waals surface area contributed by atoms with Crippen molar-refractivity contribution in [1.82, 2.24) is 20.3 Å². The van der Waals surface area contributed by atoms with Crippen molar-refractivity contribution in [3.05, 3.63) is 71.3 Å². The minimum atomic E-state index is -0.794. The molecule has 38 heavy (non-hydrogen) atoms. The van der Waals surface area contributed by atoms with Crippen molar-refractivity contribution in [2.24, 2.45) is 5.92 Å². The molecule has 9 nitrogen and oxygen atoms in total. The molecule has 1 aromatic heterocycles. The lowest BCUT2D eigenvalue weighted by atomic mass is 9.79. The lowest BCUT2D eigenvalue weighted by molar-refractivity contribution is -0.146. The van der Waals surface area contributed by atoms with E-state index in [0.717, 1.165) is 45.2 Å². The Morgan fingerprint density at radius 1 is 1.18 bits per heavy atom. The fraction of sp³-hybridized carbons (Fsp3) is 0.448. The van der Waals surface area contributed by atoms with Crippen molar-refractivity contribution in [3.63, 3.8) is 0 Å². The minimum absolute atomic E-state index is 0.112. The molecule has 1 saturated heterocycles. The van der Waals surface area contributed by atoms with Gasteiger partial charge in [-0.3, -0.25) is 14.5 Å². The first kappa shape index (κ1) is 27.5. The van der Waals surface area contributed by atoms with E-state index < -0.39 is 11.9 Å². The monoisotopic (exact) mass is 520 g/mol. The predicted molar refractivity (Wildman–Crippen MR) is 143 cm³/mol. The van der Waals surface area contributed by atoms with Gasteiger partial charge in [0, 0.05) is 25.5 Å². The number of hydroxylamine groups is 1. The number of hydrogen-bond acceptors (Lipinski definition) is 8. The number of rotatable bonds is 8. The number of piperidine rings is 1. The van der Waals surface area contributed by atoms with Crippen LogP contribution in [-0.2, 0) is 16.1 Å². The first-order valence-corrected chi connectivity index (χ1v) is 13.2. The molecule has 3 N–H and O–H groups in total. The molecule has 1 aromatic carbocycles. The Balaban J connectivity index is 1.41. The zero-order chi connectivity index (χ0) is 27.1. The van der Waals surface area contributed by atoms with Crippen LogP contribution in [0.5, 0.6) is 5.75 Å². The van der Waals surface area contributed by atoms with E-state index in [1.165, 1.54) is 18.1 Å². The normalized spacial score (nSPS) is 20.1. The predicted octanol–water partition coefficient (Wildman–Crippen LogP) is 3.51. The van der Waals surface area contributed by atoms with Gasteiger partial charge in [-0.1, -0.05) is 48.6 Å². The molecule has 1 unspecified atom stereocenters. The third kappa shape index (κ3) is 6.46. The van der Waals surface area contributed by atoms with Gasteiger partial charge in [-0.05, 0) is 69.2 Å². The van der Waals surface area contributed by atoms with Gasteiger partial charge in [0.05, 0.1) is 5.69 Å². The molecule has 1 fully saturated rings. The lowest BCUT2D eigenvalue weighted by Gasteiger charge is -2.46. The molecule has 1 atom stereocenters. The second-order valence-electron chi connectivity index (χ2n) is 10.1. The number of aryl methyl sites for hydroxylation is 1. The molecular formula is C29H36N4O5. The lowest BCUT2D eigenvalue weighted by Crippen LogP contribution is -2.51. The SMILES string of the molecule is CC(=O)ONC(=O)c1nc(CC2CCN(C3(CCCO)C=CC(c4ccccc4)=CC3)CC2)nc(C)c1O. The maximum atomic E-state index is 12.3. The summed E-state index contributed by atoms with van der Waals surface area (Å²) in [6.45, 7) is 4.77. The van der Waals surface area contributed by atoms with E-state index in [2.05, 4.69) is 62.2 Å². The molecule has 0 saturated carbocycles. The van der Waals surface area contributed by atoms with E-state index in [0.29, 0.717) is 23.9 Å². The molecule has 0 spiro atoms. The molecule has 0 radical (unpaired) electrons. The number of benzene rings is 1. The van der Waals surface area contributed by atoms with Crippen LogP contribution >= 0.6 is 0 Å². The summed E-state index contributed by atoms with van der Waals surface area (Å²) in [4.78, 5) is 39.1. The standard InChI is InChI=1S/C29H36N4O5/c1-20-27(36)26(28(37)32-38-21(2)35)31-25(30-20)19-22-11-16-33(17-12-22)29(13-6-18-34)14-9-24(10-15-29)23-7-4-3-5-8-23/h3-5,7-10,14,22,34,36H,6,11-13,15-19H2,1-2H3,(H,32,37). The molecule has 0 bridgehead atoms. The maximum Gasteiger partial charge on any atom is 0.329 e. The summed E-state index contributed by atoms with van der Waals surface area (Å²) in [5.41, 5.74) is 4.43. The van der Waals surface area contributed by atoms with Crippen LogP contribution < -0.4 is 5.48 Å². The largest absolute Gasteiger partial charge is 0.504 e. The van der Waals surface area contributed by atoms with E-state index in [9.17, 15) is 19.8 Å².